The Bertz CT molecular complexity index is 722. The fraction of sp³-hybridized carbons (Fsp3) is 0.188. The predicted molar refractivity (Wildman–Crippen MR) is 81.3 cm³/mol. The van der Waals surface area contributed by atoms with Crippen LogP contribution in [-0.4, -0.2) is 28.9 Å². The van der Waals surface area contributed by atoms with Gasteiger partial charge in [0.2, 0.25) is 5.91 Å². The third-order valence-electron chi connectivity index (χ3n) is 3.32. The third-order valence-corrected chi connectivity index (χ3v) is 3.32. The van der Waals surface area contributed by atoms with Crippen molar-refractivity contribution >= 4 is 28.6 Å². The van der Waals surface area contributed by atoms with Crippen molar-refractivity contribution in [1.29, 1.82) is 0 Å². The SMILES string of the molecule is NC(=O)CC[C@H](NC(=O)c1cccc2ccccc12)C(=O)O. The number of benzene rings is 2. The van der Waals surface area contributed by atoms with Crippen molar-refractivity contribution in [2.75, 3.05) is 0 Å². The van der Waals surface area contributed by atoms with Crippen molar-refractivity contribution in [3.63, 3.8) is 0 Å². The number of nitrogens with one attached hydrogen (secondary N) is 1. The summed E-state index contributed by atoms with van der Waals surface area (Å²) in [5.41, 5.74) is 5.40. The molecule has 0 saturated carbocycles. The Hall–Kier alpha value is -2.89. The van der Waals surface area contributed by atoms with Crippen LogP contribution >= 0.6 is 0 Å². The largest absolute Gasteiger partial charge is 0.480 e. The van der Waals surface area contributed by atoms with Gasteiger partial charge in [0, 0.05) is 12.0 Å². The first-order valence-corrected chi connectivity index (χ1v) is 6.79. The Balaban J connectivity index is 2.22. The van der Waals surface area contributed by atoms with E-state index in [1.165, 1.54) is 0 Å². The van der Waals surface area contributed by atoms with Crippen LogP contribution in [0.15, 0.2) is 42.5 Å². The number of rotatable bonds is 6. The van der Waals surface area contributed by atoms with Gasteiger partial charge in [-0.05, 0) is 23.3 Å². The summed E-state index contributed by atoms with van der Waals surface area (Å²) in [6.45, 7) is 0. The number of nitrogens with two attached hydrogens (primary N) is 1. The molecule has 0 aliphatic carbocycles. The maximum absolute atomic E-state index is 12.3. The minimum Gasteiger partial charge on any atom is -0.480 e. The molecule has 0 spiro atoms. The third kappa shape index (κ3) is 3.60. The lowest BCUT2D eigenvalue weighted by molar-refractivity contribution is -0.139. The van der Waals surface area contributed by atoms with E-state index in [1.807, 2.05) is 18.2 Å². The highest BCUT2D eigenvalue weighted by atomic mass is 16.4. The molecule has 2 rings (SSSR count). The predicted octanol–water partition coefficient (Wildman–Crippen LogP) is 1.29. The number of carbonyl (C=O) groups is 3. The van der Waals surface area contributed by atoms with Gasteiger partial charge in [-0.2, -0.15) is 0 Å². The van der Waals surface area contributed by atoms with E-state index < -0.39 is 23.8 Å². The van der Waals surface area contributed by atoms with Gasteiger partial charge in [-0.25, -0.2) is 4.79 Å². The molecule has 0 aromatic heterocycles. The van der Waals surface area contributed by atoms with Gasteiger partial charge in [-0.3, -0.25) is 9.59 Å². The number of fused-ring (bicyclic) bond motifs is 1. The van der Waals surface area contributed by atoms with Crippen LogP contribution in [0.2, 0.25) is 0 Å². The molecule has 0 heterocycles. The molecule has 0 radical (unpaired) electrons. The van der Waals surface area contributed by atoms with E-state index >= 15 is 0 Å². The Labute approximate surface area is 126 Å². The van der Waals surface area contributed by atoms with Gasteiger partial charge in [0.1, 0.15) is 6.04 Å². The van der Waals surface area contributed by atoms with E-state index in [2.05, 4.69) is 5.32 Å². The van der Waals surface area contributed by atoms with Crippen molar-refractivity contribution in [1.82, 2.24) is 5.32 Å². The number of hydrogen-bond donors (Lipinski definition) is 3. The van der Waals surface area contributed by atoms with Gasteiger partial charge in [0.15, 0.2) is 0 Å². The Kier molecular flexibility index (Phi) is 4.73. The zero-order valence-electron chi connectivity index (χ0n) is 11.8. The van der Waals surface area contributed by atoms with E-state index in [-0.39, 0.29) is 12.8 Å². The first-order chi connectivity index (χ1) is 10.5. The summed E-state index contributed by atoms with van der Waals surface area (Å²) in [6.07, 6.45) is -0.145. The maximum atomic E-state index is 12.3. The molecule has 2 amide bonds. The van der Waals surface area contributed by atoms with Gasteiger partial charge in [0.05, 0.1) is 0 Å². The number of hydrogen-bond acceptors (Lipinski definition) is 3. The van der Waals surface area contributed by atoms with E-state index in [0.717, 1.165) is 10.8 Å². The summed E-state index contributed by atoms with van der Waals surface area (Å²) < 4.78 is 0. The van der Waals surface area contributed by atoms with Gasteiger partial charge in [0.25, 0.3) is 5.91 Å². The van der Waals surface area contributed by atoms with E-state index in [1.54, 1.807) is 24.3 Å². The van der Waals surface area contributed by atoms with E-state index in [0.29, 0.717) is 5.56 Å². The second-order valence-electron chi connectivity index (χ2n) is 4.90. The van der Waals surface area contributed by atoms with Crippen LogP contribution in [0.3, 0.4) is 0 Å². The molecule has 22 heavy (non-hydrogen) atoms. The number of primary amides is 1. The number of carboxylic acid groups (broad SMARTS) is 1. The lowest BCUT2D eigenvalue weighted by Crippen LogP contribution is -2.41. The van der Waals surface area contributed by atoms with Gasteiger partial charge >= 0.3 is 5.97 Å². The van der Waals surface area contributed by atoms with Crippen LogP contribution in [-0.2, 0) is 9.59 Å². The van der Waals surface area contributed by atoms with Crippen molar-refractivity contribution in [2.45, 2.75) is 18.9 Å². The highest BCUT2D eigenvalue weighted by molar-refractivity contribution is 6.07. The molecular weight excluding hydrogens is 284 g/mol. The number of aliphatic carboxylic acids is 1. The smallest absolute Gasteiger partial charge is 0.326 e. The molecule has 0 fully saturated rings. The average Bonchev–Trinajstić information content (AvgIpc) is 2.50. The van der Waals surface area contributed by atoms with Crippen molar-refractivity contribution in [3.05, 3.63) is 48.0 Å². The quantitative estimate of drug-likeness (QED) is 0.746. The first kappa shape index (κ1) is 15.5. The van der Waals surface area contributed by atoms with Crippen LogP contribution in [0.25, 0.3) is 10.8 Å². The molecule has 1 atom stereocenters. The second-order valence-corrected chi connectivity index (χ2v) is 4.90. The minimum absolute atomic E-state index is 0.0405. The molecule has 6 heteroatoms. The topological polar surface area (TPSA) is 109 Å². The fourth-order valence-electron chi connectivity index (χ4n) is 2.20. The van der Waals surface area contributed by atoms with Gasteiger partial charge in [-0.15, -0.1) is 0 Å². The highest BCUT2D eigenvalue weighted by Crippen LogP contribution is 2.18. The number of amides is 2. The minimum atomic E-state index is -1.20. The second kappa shape index (κ2) is 6.71. The lowest BCUT2D eigenvalue weighted by atomic mass is 10.0. The summed E-state index contributed by atoms with van der Waals surface area (Å²) >= 11 is 0. The molecule has 0 aliphatic heterocycles. The normalized spacial score (nSPS) is 11.8. The molecule has 2 aromatic rings. The standard InChI is InChI=1S/C16H16N2O4/c17-14(19)9-8-13(16(21)22)18-15(20)12-7-3-5-10-4-1-2-6-11(10)12/h1-7,13H,8-9H2,(H2,17,19)(H,18,20)(H,21,22)/t13-/m0/s1. The van der Waals surface area contributed by atoms with Crippen LogP contribution in [0.5, 0.6) is 0 Å². The molecule has 0 saturated heterocycles. The Morgan fingerprint density at radius 1 is 1.09 bits per heavy atom. The highest BCUT2D eigenvalue weighted by Gasteiger charge is 2.21. The summed E-state index contributed by atoms with van der Waals surface area (Å²) in [5, 5.41) is 13.2. The van der Waals surface area contributed by atoms with Crippen LogP contribution < -0.4 is 11.1 Å². The molecule has 0 bridgehead atoms. The van der Waals surface area contributed by atoms with E-state index in [4.69, 9.17) is 10.8 Å². The van der Waals surface area contributed by atoms with Crippen molar-refractivity contribution in [3.8, 4) is 0 Å². The molecule has 114 valence electrons. The summed E-state index contributed by atoms with van der Waals surface area (Å²) in [7, 11) is 0. The van der Waals surface area contributed by atoms with Crippen LogP contribution in [0, 0.1) is 0 Å². The summed E-state index contributed by atoms with van der Waals surface area (Å²) in [5.74, 6) is -2.30. The Morgan fingerprint density at radius 2 is 1.77 bits per heavy atom. The van der Waals surface area contributed by atoms with Crippen molar-refractivity contribution < 1.29 is 19.5 Å². The molecule has 0 aliphatic rings. The fourth-order valence-corrected chi connectivity index (χ4v) is 2.20. The molecule has 2 aromatic carbocycles. The maximum Gasteiger partial charge on any atom is 0.326 e. The molecule has 6 nitrogen and oxygen atoms in total. The van der Waals surface area contributed by atoms with Gasteiger partial charge < -0.3 is 16.2 Å². The molecule has 4 N–H and O–H groups in total. The van der Waals surface area contributed by atoms with Crippen molar-refractivity contribution in [2.24, 2.45) is 5.73 Å². The summed E-state index contributed by atoms with van der Waals surface area (Å²) in [4.78, 5) is 34.3. The number of carbonyl (C=O) groups excluding carboxylic acids is 2. The first-order valence-electron chi connectivity index (χ1n) is 6.79. The zero-order valence-corrected chi connectivity index (χ0v) is 11.8. The summed E-state index contributed by atoms with van der Waals surface area (Å²) in [6, 6.07) is 11.4. The molecular formula is C16H16N2O4. The average molecular weight is 300 g/mol. The molecule has 0 unspecified atom stereocenters. The van der Waals surface area contributed by atoms with Gasteiger partial charge in [-0.1, -0.05) is 36.4 Å². The van der Waals surface area contributed by atoms with Crippen LogP contribution in [0.1, 0.15) is 23.2 Å². The lowest BCUT2D eigenvalue weighted by Gasteiger charge is -2.14. The van der Waals surface area contributed by atoms with Crippen LogP contribution in [0.4, 0.5) is 0 Å². The zero-order chi connectivity index (χ0) is 16.1. The Morgan fingerprint density at radius 3 is 2.45 bits per heavy atom. The number of carboxylic acids is 1. The monoisotopic (exact) mass is 300 g/mol. The van der Waals surface area contributed by atoms with E-state index in [9.17, 15) is 14.4 Å².